The lowest BCUT2D eigenvalue weighted by Crippen LogP contribution is -2.29. The molecule has 7 nitrogen and oxygen atoms in total. The highest BCUT2D eigenvalue weighted by Gasteiger charge is 2.31. The van der Waals surface area contributed by atoms with Gasteiger partial charge in [-0.2, -0.15) is 10.1 Å². The summed E-state index contributed by atoms with van der Waals surface area (Å²) in [6, 6.07) is 1.76. The second-order valence-electron chi connectivity index (χ2n) is 4.58. The van der Waals surface area contributed by atoms with E-state index in [4.69, 9.17) is 4.52 Å². The average molecular weight is 261 g/mol. The van der Waals surface area contributed by atoms with Crippen LogP contribution in [0.2, 0.25) is 0 Å². The first-order valence-corrected chi connectivity index (χ1v) is 6.37. The van der Waals surface area contributed by atoms with E-state index in [2.05, 4.69) is 15.2 Å². The zero-order chi connectivity index (χ0) is 13.2. The molecule has 19 heavy (non-hydrogen) atoms. The zero-order valence-electron chi connectivity index (χ0n) is 10.7. The Morgan fingerprint density at radius 1 is 1.58 bits per heavy atom. The molecule has 100 valence electrons. The predicted molar refractivity (Wildman–Crippen MR) is 65.5 cm³/mol. The van der Waals surface area contributed by atoms with Crippen molar-refractivity contribution in [1.82, 2.24) is 24.8 Å². The van der Waals surface area contributed by atoms with Crippen molar-refractivity contribution in [3.05, 3.63) is 30.2 Å². The van der Waals surface area contributed by atoms with Crippen LogP contribution in [-0.4, -0.2) is 43.8 Å². The van der Waals surface area contributed by atoms with Crippen molar-refractivity contribution in [2.75, 3.05) is 13.1 Å². The molecule has 1 saturated heterocycles. The highest BCUT2D eigenvalue weighted by atomic mass is 16.5. The third-order valence-corrected chi connectivity index (χ3v) is 3.40. The Hall–Kier alpha value is -2.18. The molecule has 1 amide bonds. The Morgan fingerprint density at radius 2 is 2.47 bits per heavy atom. The third-order valence-electron chi connectivity index (χ3n) is 3.40. The summed E-state index contributed by atoms with van der Waals surface area (Å²) in [4.78, 5) is 18.1. The zero-order valence-corrected chi connectivity index (χ0v) is 10.7. The van der Waals surface area contributed by atoms with Gasteiger partial charge in [-0.3, -0.25) is 9.48 Å². The van der Waals surface area contributed by atoms with E-state index in [-0.39, 0.29) is 11.8 Å². The number of amides is 1. The predicted octanol–water partition coefficient (Wildman–Crippen LogP) is 0.916. The van der Waals surface area contributed by atoms with Gasteiger partial charge in [-0.1, -0.05) is 5.16 Å². The van der Waals surface area contributed by atoms with Crippen molar-refractivity contribution in [1.29, 1.82) is 0 Å². The van der Waals surface area contributed by atoms with E-state index in [0.29, 0.717) is 24.6 Å². The van der Waals surface area contributed by atoms with Gasteiger partial charge >= 0.3 is 0 Å². The van der Waals surface area contributed by atoms with Crippen LogP contribution in [0.4, 0.5) is 0 Å². The summed E-state index contributed by atoms with van der Waals surface area (Å²) in [5.41, 5.74) is 0.496. The number of carbonyl (C=O) groups is 1. The smallest absolute Gasteiger partial charge is 0.274 e. The lowest BCUT2D eigenvalue weighted by atomic mass is 10.1. The van der Waals surface area contributed by atoms with E-state index in [0.717, 1.165) is 13.0 Å². The molecule has 0 unspecified atom stereocenters. The Labute approximate surface area is 110 Å². The van der Waals surface area contributed by atoms with Crippen LogP contribution in [0.25, 0.3) is 0 Å². The fourth-order valence-corrected chi connectivity index (χ4v) is 2.33. The monoisotopic (exact) mass is 261 g/mol. The molecular formula is C12H15N5O2. The van der Waals surface area contributed by atoms with Crippen LogP contribution in [0.1, 0.15) is 35.6 Å². The largest absolute Gasteiger partial charge is 0.343 e. The topological polar surface area (TPSA) is 77.0 Å². The fourth-order valence-electron chi connectivity index (χ4n) is 2.33. The van der Waals surface area contributed by atoms with Crippen molar-refractivity contribution < 1.29 is 9.32 Å². The number of hydrogen-bond acceptors (Lipinski definition) is 5. The first-order valence-electron chi connectivity index (χ1n) is 6.37. The average Bonchev–Trinajstić information content (AvgIpc) is 3.16. The van der Waals surface area contributed by atoms with Crippen LogP contribution in [0.3, 0.4) is 0 Å². The van der Waals surface area contributed by atoms with E-state index in [9.17, 15) is 4.79 Å². The maximum atomic E-state index is 12.3. The van der Waals surface area contributed by atoms with Crippen molar-refractivity contribution in [3.63, 3.8) is 0 Å². The minimum Gasteiger partial charge on any atom is -0.343 e. The van der Waals surface area contributed by atoms with E-state index >= 15 is 0 Å². The van der Waals surface area contributed by atoms with Gasteiger partial charge in [0.1, 0.15) is 5.69 Å². The molecule has 1 aliphatic heterocycles. The van der Waals surface area contributed by atoms with E-state index in [1.54, 1.807) is 15.6 Å². The molecule has 0 saturated carbocycles. The summed E-state index contributed by atoms with van der Waals surface area (Å²) in [6.45, 7) is 4.08. The van der Waals surface area contributed by atoms with Gasteiger partial charge in [0.15, 0.2) is 5.82 Å². The standard InChI is InChI=1S/C12H15N5O2/c1-2-17-6-4-10(14-17)12(18)16-5-3-9(7-16)11-13-8-19-15-11/h4,6,8-9H,2-3,5,7H2,1H3/t9-/m1/s1. The number of aromatic nitrogens is 4. The summed E-state index contributed by atoms with van der Waals surface area (Å²) in [7, 11) is 0. The Balaban J connectivity index is 1.69. The molecule has 0 N–H and O–H groups in total. The minimum absolute atomic E-state index is 0.0294. The van der Waals surface area contributed by atoms with Gasteiger partial charge in [0.25, 0.3) is 5.91 Å². The van der Waals surface area contributed by atoms with E-state index in [1.807, 2.05) is 13.1 Å². The molecule has 3 rings (SSSR count). The molecule has 0 radical (unpaired) electrons. The quantitative estimate of drug-likeness (QED) is 0.821. The molecule has 2 aromatic rings. The first-order chi connectivity index (χ1) is 9.28. The van der Waals surface area contributed by atoms with Gasteiger partial charge in [0.2, 0.25) is 6.39 Å². The highest BCUT2D eigenvalue weighted by molar-refractivity contribution is 5.92. The maximum absolute atomic E-state index is 12.3. The fraction of sp³-hybridized carbons (Fsp3) is 0.500. The van der Waals surface area contributed by atoms with Crippen molar-refractivity contribution in [3.8, 4) is 0 Å². The van der Waals surface area contributed by atoms with Crippen LogP contribution in [0, 0.1) is 0 Å². The number of hydrogen-bond donors (Lipinski definition) is 0. The van der Waals surface area contributed by atoms with Gasteiger partial charge < -0.3 is 9.42 Å². The summed E-state index contributed by atoms with van der Waals surface area (Å²) in [6.07, 6.45) is 4.00. The summed E-state index contributed by atoms with van der Waals surface area (Å²) in [5, 5.41) is 8.08. The van der Waals surface area contributed by atoms with Gasteiger partial charge in [0.05, 0.1) is 0 Å². The van der Waals surface area contributed by atoms with Gasteiger partial charge in [-0.25, -0.2) is 0 Å². The molecule has 3 heterocycles. The number of nitrogens with zero attached hydrogens (tertiary/aromatic N) is 5. The molecule has 0 aromatic carbocycles. The molecule has 0 aliphatic carbocycles. The van der Waals surface area contributed by atoms with Gasteiger partial charge in [-0.05, 0) is 19.4 Å². The van der Waals surface area contributed by atoms with Gasteiger partial charge in [-0.15, -0.1) is 0 Å². The van der Waals surface area contributed by atoms with Gasteiger partial charge in [0, 0.05) is 31.7 Å². The van der Waals surface area contributed by atoms with E-state index < -0.39 is 0 Å². The van der Waals surface area contributed by atoms with Crippen LogP contribution in [0.5, 0.6) is 0 Å². The molecule has 1 atom stereocenters. The lowest BCUT2D eigenvalue weighted by molar-refractivity contribution is 0.0783. The van der Waals surface area contributed by atoms with Crippen molar-refractivity contribution in [2.45, 2.75) is 25.8 Å². The molecular weight excluding hydrogens is 246 g/mol. The number of carbonyl (C=O) groups excluding carboxylic acids is 1. The number of likely N-dealkylation sites (tertiary alicyclic amines) is 1. The third kappa shape index (κ3) is 2.23. The summed E-state index contributed by atoms with van der Waals surface area (Å²) in [5.74, 6) is 0.809. The minimum atomic E-state index is -0.0294. The molecule has 1 aliphatic rings. The second kappa shape index (κ2) is 4.83. The Kier molecular flexibility index (Phi) is 3.02. The molecule has 0 spiro atoms. The SMILES string of the molecule is CCn1ccc(C(=O)N2CC[C@@H](c3ncon3)C2)n1. The normalized spacial score (nSPS) is 19.0. The van der Waals surface area contributed by atoms with Crippen LogP contribution >= 0.6 is 0 Å². The number of rotatable bonds is 3. The summed E-state index contributed by atoms with van der Waals surface area (Å²) >= 11 is 0. The molecule has 0 bridgehead atoms. The highest BCUT2D eigenvalue weighted by Crippen LogP contribution is 2.25. The van der Waals surface area contributed by atoms with Crippen molar-refractivity contribution in [2.24, 2.45) is 0 Å². The lowest BCUT2D eigenvalue weighted by Gasteiger charge is -2.14. The Bertz CT molecular complexity index is 562. The second-order valence-corrected chi connectivity index (χ2v) is 4.58. The Morgan fingerprint density at radius 3 is 3.16 bits per heavy atom. The van der Waals surface area contributed by atoms with Crippen molar-refractivity contribution >= 4 is 5.91 Å². The summed E-state index contributed by atoms with van der Waals surface area (Å²) < 4.78 is 6.49. The van der Waals surface area contributed by atoms with Crippen LogP contribution in [0.15, 0.2) is 23.2 Å². The molecule has 1 fully saturated rings. The van der Waals surface area contributed by atoms with Crippen LogP contribution in [-0.2, 0) is 6.54 Å². The number of aryl methyl sites for hydroxylation is 1. The van der Waals surface area contributed by atoms with Crippen LogP contribution < -0.4 is 0 Å². The first kappa shape index (κ1) is 11.9. The maximum Gasteiger partial charge on any atom is 0.274 e. The molecule has 7 heteroatoms. The van der Waals surface area contributed by atoms with E-state index in [1.165, 1.54) is 6.39 Å². The molecule has 2 aromatic heterocycles.